The summed E-state index contributed by atoms with van der Waals surface area (Å²) in [6.45, 7) is 4.04. The van der Waals surface area contributed by atoms with E-state index >= 15 is 0 Å². The van der Waals surface area contributed by atoms with Gasteiger partial charge < -0.3 is 9.47 Å². The predicted octanol–water partition coefficient (Wildman–Crippen LogP) is 4.66. The molecule has 0 heterocycles. The van der Waals surface area contributed by atoms with Crippen LogP contribution in [0.15, 0.2) is 36.4 Å². The van der Waals surface area contributed by atoms with Gasteiger partial charge in [0.15, 0.2) is 5.78 Å². The quantitative estimate of drug-likeness (QED) is 0.726. The first-order valence-corrected chi connectivity index (χ1v) is 7.23. The highest BCUT2D eigenvalue weighted by Crippen LogP contribution is 2.28. The van der Waals surface area contributed by atoms with E-state index in [1.165, 1.54) is 25.1 Å². The SMILES string of the molecule is CCOc1ccc(C(C)=O)cc1COc1ccc(F)cc1Cl. The van der Waals surface area contributed by atoms with E-state index in [9.17, 15) is 9.18 Å². The molecule has 0 atom stereocenters. The van der Waals surface area contributed by atoms with Gasteiger partial charge in [-0.25, -0.2) is 4.39 Å². The summed E-state index contributed by atoms with van der Waals surface area (Å²) in [4.78, 5) is 11.5. The van der Waals surface area contributed by atoms with Gasteiger partial charge in [0.2, 0.25) is 0 Å². The van der Waals surface area contributed by atoms with Crippen LogP contribution < -0.4 is 9.47 Å². The number of halogens is 2. The van der Waals surface area contributed by atoms with Crippen LogP contribution in [0.4, 0.5) is 4.39 Å². The van der Waals surface area contributed by atoms with E-state index in [0.29, 0.717) is 23.7 Å². The van der Waals surface area contributed by atoms with Crippen LogP contribution in [0.25, 0.3) is 0 Å². The number of ketones is 1. The molecule has 0 bridgehead atoms. The maximum Gasteiger partial charge on any atom is 0.159 e. The zero-order chi connectivity index (χ0) is 16.1. The van der Waals surface area contributed by atoms with Gasteiger partial charge in [-0.2, -0.15) is 0 Å². The topological polar surface area (TPSA) is 35.5 Å². The second-order valence-corrected chi connectivity index (χ2v) is 5.08. The standard InChI is InChI=1S/C17H16ClFO3/c1-3-21-16-6-4-12(11(2)20)8-13(16)10-22-17-7-5-14(19)9-15(17)18/h4-9H,3,10H2,1-2H3. The molecule has 0 saturated heterocycles. The van der Waals surface area contributed by atoms with E-state index in [1.54, 1.807) is 18.2 Å². The molecule has 0 aliphatic heterocycles. The van der Waals surface area contributed by atoms with Crippen molar-refractivity contribution < 1.29 is 18.7 Å². The molecule has 0 N–H and O–H groups in total. The molecule has 0 spiro atoms. The molecule has 116 valence electrons. The van der Waals surface area contributed by atoms with Crippen LogP contribution in [-0.2, 0) is 6.61 Å². The molecule has 22 heavy (non-hydrogen) atoms. The third-order valence-electron chi connectivity index (χ3n) is 3.04. The molecule has 2 aromatic carbocycles. The molecule has 0 amide bonds. The summed E-state index contributed by atoms with van der Waals surface area (Å²) in [7, 11) is 0. The summed E-state index contributed by atoms with van der Waals surface area (Å²) >= 11 is 5.93. The van der Waals surface area contributed by atoms with Gasteiger partial charge >= 0.3 is 0 Å². The number of rotatable bonds is 6. The maximum atomic E-state index is 13.0. The molecular formula is C17H16ClFO3. The van der Waals surface area contributed by atoms with Crippen molar-refractivity contribution in [3.8, 4) is 11.5 Å². The van der Waals surface area contributed by atoms with E-state index in [1.807, 2.05) is 6.92 Å². The van der Waals surface area contributed by atoms with Crippen LogP contribution in [-0.4, -0.2) is 12.4 Å². The molecule has 0 aliphatic rings. The maximum absolute atomic E-state index is 13.0. The van der Waals surface area contributed by atoms with Crippen LogP contribution >= 0.6 is 11.6 Å². The minimum Gasteiger partial charge on any atom is -0.493 e. The summed E-state index contributed by atoms with van der Waals surface area (Å²) in [6.07, 6.45) is 0. The predicted molar refractivity (Wildman–Crippen MR) is 83.4 cm³/mol. The lowest BCUT2D eigenvalue weighted by atomic mass is 10.1. The molecule has 0 aromatic heterocycles. The molecule has 2 rings (SSSR count). The van der Waals surface area contributed by atoms with Gasteiger partial charge in [0, 0.05) is 11.1 Å². The molecule has 2 aromatic rings. The number of Topliss-reactive ketones (excluding diaryl/α,β-unsaturated/α-hetero) is 1. The summed E-state index contributed by atoms with van der Waals surface area (Å²) in [5.41, 5.74) is 1.31. The monoisotopic (exact) mass is 322 g/mol. The number of carbonyl (C=O) groups excluding carboxylic acids is 1. The minimum absolute atomic E-state index is 0.0379. The number of carbonyl (C=O) groups is 1. The fourth-order valence-electron chi connectivity index (χ4n) is 1.96. The molecule has 0 fully saturated rings. The van der Waals surface area contributed by atoms with Crippen molar-refractivity contribution in [1.82, 2.24) is 0 Å². The Bertz CT molecular complexity index is 686. The van der Waals surface area contributed by atoms with Gasteiger partial charge in [-0.15, -0.1) is 0 Å². The highest BCUT2D eigenvalue weighted by atomic mass is 35.5. The zero-order valence-corrected chi connectivity index (χ0v) is 13.1. The van der Waals surface area contributed by atoms with Gasteiger partial charge in [0.1, 0.15) is 23.9 Å². The van der Waals surface area contributed by atoms with Crippen LogP contribution in [0.2, 0.25) is 5.02 Å². The zero-order valence-electron chi connectivity index (χ0n) is 12.4. The molecule has 0 unspecified atom stereocenters. The van der Waals surface area contributed by atoms with Crippen molar-refractivity contribution >= 4 is 17.4 Å². The average molecular weight is 323 g/mol. The van der Waals surface area contributed by atoms with Crippen molar-refractivity contribution in [3.05, 3.63) is 58.4 Å². The van der Waals surface area contributed by atoms with Gasteiger partial charge in [0.25, 0.3) is 0 Å². The van der Waals surface area contributed by atoms with Gasteiger partial charge in [-0.3, -0.25) is 4.79 Å². The van der Waals surface area contributed by atoms with E-state index in [-0.39, 0.29) is 17.4 Å². The van der Waals surface area contributed by atoms with Crippen molar-refractivity contribution in [2.24, 2.45) is 0 Å². The molecule has 5 heteroatoms. The Hall–Kier alpha value is -2.07. The smallest absolute Gasteiger partial charge is 0.159 e. The van der Waals surface area contributed by atoms with E-state index in [4.69, 9.17) is 21.1 Å². The number of hydrogen-bond donors (Lipinski definition) is 0. The molecule has 3 nitrogen and oxygen atoms in total. The van der Waals surface area contributed by atoms with Crippen LogP contribution in [0.3, 0.4) is 0 Å². The van der Waals surface area contributed by atoms with Crippen molar-refractivity contribution in [2.45, 2.75) is 20.5 Å². The van der Waals surface area contributed by atoms with Crippen molar-refractivity contribution in [2.75, 3.05) is 6.61 Å². The van der Waals surface area contributed by atoms with E-state index < -0.39 is 5.82 Å². The third kappa shape index (κ3) is 3.98. The molecule has 0 saturated carbocycles. The molecule has 0 radical (unpaired) electrons. The number of ether oxygens (including phenoxy) is 2. The Morgan fingerprint density at radius 1 is 1.14 bits per heavy atom. The lowest BCUT2D eigenvalue weighted by Crippen LogP contribution is -2.04. The second-order valence-electron chi connectivity index (χ2n) is 4.68. The highest BCUT2D eigenvalue weighted by Gasteiger charge is 2.10. The first-order valence-electron chi connectivity index (χ1n) is 6.85. The fraction of sp³-hybridized carbons (Fsp3) is 0.235. The highest BCUT2D eigenvalue weighted by molar-refractivity contribution is 6.32. The largest absolute Gasteiger partial charge is 0.493 e. The Morgan fingerprint density at radius 2 is 1.86 bits per heavy atom. The third-order valence-corrected chi connectivity index (χ3v) is 3.34. The van der Waals surface area contributed by atoms with Crippen LogP contribution in [0, 0.1) is 5.82 Å². The average Bonchev–Trinajstić information content (AvgIpc) is 2.47. The lowest BCUT2D eigenvalue weighted by Gasteiger charge is -2.13. The van der Waals surface area contributed by atoms with Gasteiger partial charge in [-0.05, 0) is 50.2 Å². The Kier molecular flexibility index (Phi) is 5.39. The van der Waals surface area contributed by atoms with E-state index in [0.717, 1.165) is 5.56 Å². The minimum atomic E-state index is -0.425. The Labute approximate surface area is 133 Å². The van der Waals surface area contributed by atoms with Crippen molar-refractivity contribution in [3.63, 3.8) is 0 Å². The first kappa shape index (κ1) is 16.3. The van der Waals surface area contributed by atoms with Crippen molar-refractivity contribution in [1.29, 1.82) is 0 Å². The summed E-state index contributed by atoms with van der Waals surface area (Å²) in [6, 6.07) is 9.10. The fourth-order valence-corrected chi connectivity index (χ4v) is 2.18. The molecular weight excluding hydrogens is 307 g/mol. The molecule has 0 aliphatic carbocycles. The van der Waals surface area contributed by atoms with Gasteiger partial charge in [-0.1, -0.05) is 11.6 Å². The van der Waals surface area contributed by atoms with Crippen LogP contribution in [0.1, 0.15) is 29.8 Å². The number of hydrogen-bond acceptors (Lipinski definition) is 3. The second kappa shape index (κ2) is 7.27. The van der Waals surface area contributed by atoms with E-state index in [2.05, 4.69) is 0 Å². The number of benzene rings is 2. The summed E-state index contributed by atoms with van der Waals surface area (Å²) in [5.74, 6) is 0.555. The van der Waals surface area contributed by atoms with Crippen LogP contribution in [0.5, 0.6) is 11.5 Å². The lowest BCUT2D eigenvalue weighted by molar-refractivity contribution is 0.101. The summed E-state index contributed by atoms with van der Waals surface area (Å²) < 4.78 is 24.2. The summed E-state index contributed by atoms with van der Waals surface area (Å²) in [5, 5.41) is 0.195. The first-order chi connectivity index (χ1) is 10.5. The normalized spacial score (nSPS) is 10.4. The van der Waals surface area contributed by atoms with Gasteiger partial charge in [0.05, 0.1) is 11.6 Å². The Morgan fingerprint density at radius 3 is 2.50 bits per heavy atom. The Balaban J connectivity index is 2.22.